The number of hydrogen-bond donors (Lipinski definition) is 0. The molecule has 0 aliphatic carbocycles. The lowest BCUT2D eigenvalue weighted by Gasteiger charge is -2.05. The van der Waals surface area contributed by atoms with Crippen LogP contribution in [0.3, 0.4) is 0 Å². The Balaban J connectivity index is 2.31. The van der Waals surface area contributed by atoms with E-state index in [2.05, 4.69) is 21.9 Å². The average molecular weight is 216 g/mol. The molecule has 2 heterocycles. The summed E-state index contributed by atoms with van der Waals surface area (Å²) < 4.78 is 6.67. The summed E-state index contributed by atoms with van der Waals surface area (Å²) in [6.45, 7) is 4.00. The Kier molecular flexibility index (Phi) is 2.68. The largest absolute Gasteiger partial charge is 0.481 e. The summed E-state index contributed by atoms with van der Waals surface area (Å²) in [4.78, 5) is 4.12. The standard InChI is InChI=1S/C11H12N4O/c1-8(10-7-13-14-15(10)2)9-4-5-11(16-3)12-6-9/h4-7H,1H2,2-3H3. The highest BCUT2D eigenvalue weighted by atomic mass is 16.5. The van der Waals surface area contributed by atoms with Crippen LogP contribution in [0.5, 0.6) is 5.88 Å². The molecule has 0 bridgehead atoms. The third kappa shape index (κ3) is 1.79. The average Bonchev–Trinajstić information content (AvgIpc) is 2.75. The van der Waals surface area contributed by atoms with E-state index in [0.717, 1.165) is 16.8 Å². The molecule has 5 nitrogen and oxygen atoms in total. The lowest BCUT2D eigenvalue weighted by molar-refractivity contribution is 0.398. The molecule has 0 fully saturated rings. The molecule has 0 N–H and O–H groups in total. The van der Waals surface area contributed by atoms with Crippen LogP contribution in [0.4, 0.5) is 0 Å². The van der Waals surface area contributed by atoms with Gasteiger partial charge in [-0.3, -0.25) is 0 Å². The van der Waals surface area contributed by atoms with E-state index >= 15 is 0 Å². The lowest BCUT2D eigenvalue weighted by atomic mass is 10.1. The number of nitrogens with zero attached hydrogens (tertiary/aromatic N) is 4. The van der Waals surface area contributed by atoms with Gasteiger partial charge in [0.15, 0.2) is 0 Å². The van der Waals surface area contributed by atoms with Gasteiger partial charge in [-0.1, -0.05) is 11.8 Å². The third-order valence-electron chi connectivity index (χ3n) is 2.32. The summed E-state index contributed by atoms with van der Waals surface area (Å²) in [6.07, 6.45) is 3.39. The molecular formula is C11H12N4O. The lowest BCUT2D eigenvalue weighted by Crippen LogP contribution is -1.98. The van der Waals surface area contributed by atoms with Gasteiger partial charge in [0, 0.05) is 30.4 Å². The van der Waals surface area contributed by atoms with Crippen LogP contribution in [0.25, 0.3) is 5.57 Å². The molecule has 2 rings (SSSR count). The molecule has 2 aromatic rings. The number of rotatable bonds is 3. The van der Waals surface area contributed by atoms with Gasteiger partial charge in [0.1, 0.15) is 0 Å². The van der Waals surface area contributed by atoms with Gasteiger partial charge in [0.2, 0.25) is 5.88 Å². The van der Waals surface area contributed by atoms with Crippen molar-refractivity contribution in [1.82, 2.24) is 20.0 Å². The summed E-state index contributed by atoms with van der Waals surface area (Å²) in [5.74, 6) is 0.583. The van der Waals surface area contributed by atoms with Gasteiger partial charge in [0.25, 0.3) is 0 Å². The molecule has 0 radical (unpaired) electrons. The van der Waals surface area contributed by atoms with Gasteiger partial charge in [-0.25, -0.2) is 9.67 Å². The van der Waals surface area contributed by atoms with E-state index in [1.165, 1.54) is 0 Å². The summed E-state index contributed by atoms with van der Waals surface area (Å²) >= 11 is 0. The maximum atomic E-state index is 4.99. The minimum Gasteiger partial charge on any atom is -0.481 e. The van der Waals surface area contributed by atoms with Crippen molar-refractivity contribution >= 4 is 5.57 Å². The van der Waals surface area contributed by atoms with Crippen LogP contribution in [0.1, 0.15) is 11.3 Å². The zero-order valence-electron chi connectivity index (χ0n) is 9.21. The van der Waals surface area contributed by atoms with Gasteiger partial charge in [-0.2, -0.15) is 0 Å². The second kappa shape index (κ2) is 4.14. The third-order valence-corrected chi connectivity index (χ3v) is 2.32. The molecule has 0 unspecified atom stereocenters. The highest BCUT2D eigenvalue weighted by molar-refractivity contribution is 5.75. The number of aromatic nitrogens is 4. The van der Waals surface area contributed by atoms with Crippen molar-refractivity contribution in [3.8, 4) is 5.88 Å². The number of ether oxygens (including phenoxy) is 1. The maximum Gasteiger partial charge on any atom is 0.212 e. The molecule has 0 aromatic carbocycles. The van der Waals surface area contributed by atoms with Gasteiger partial charge >= 0.3 is 0 Å². The number of methoxy groups -OCH3 is 1. The smallest absolute Gasteiger partial charge is 0.212 e. The van der Waals surface area contributed by atoms with Gasteiger partial charge < -0.3 is 4.74 Å². The summed E-state index contributed by atoms with van der Waals surface area (Å²) in [6, 6.07) is 3.70. The normalized spacial score (nSPS) is 10.1. The zero-order chi connectivity index (χ0) is 11.5. The first-order valence-electron chi connectivity index (χ1n) is 4.76. The highest BCUT2D eigenvalue weighted by Gasteiger charge is 2.07. The second-order valence-electron chi connectivity index (χ2n) is 3.31. The molecule has 0 saturated carbocycles. The minimum atomic E-state index is 0.583. The van der Waals surface area contributed by atoms with E-state index in [9.17, 15) is 0 Å². The maximum absolute atomic E-state index is 4.99. The zero-order valence-corrected chi connectivity index (χ0v) is 9.21. The summed E-state index contributed by atoms with van der Waals surface area (Å²) in [7, 11) is 3.41. The van der Waals surface area contributed by atoms with Crippen molar-refractivity contribution in [2.45, 2.75) is 0 Å². The summed E-state index contributed by atoms with van der Waals surface area (Å²) in [5, 5.41) is 7.67. The molecular weight excluding hydrogens is 204 g/mol. The molecule has 0 saturated heterocycles. The summed E-state index contributed by atoms with van der Waals surface area (Å²) in [5.41, 5.74) is 2.63. The first-order valence-corrected chi connectivity index (χ1v) is 4.76. The molecule has 2 aromatic heterocycles. The molecule has 0 amide bonds. The monoisotopic (exact) mass is 216 g/mol. The first kappa shape index (κ1) is 10.4. The van der Waals surface area contributed by atoms with Crippen molar-refractivity contribution in [2.24, 2.45) is 7.05 Å². The van der Waals surface area contributed by atoms with Crippen LogP contribution in [-0.2, 0) is 7.05 Å². The van der Waals surface area contributed by atoms with Crippen molar-refractivity contribution in [3.63, 3.8) is 0 Å². The number of hydrogen-bond acceptors (Lipinski definition) is 4. The Morgan fingerprint density at radius 3 is 2.69 bits per heavy atom. The fourth-order valence-corrected chi connectivity index (χ4v) is 1.39. The Bertz CT molecular complexity index is 501. The van der Waals surface area contributed by atoms with Crippen LogP contribution in [0, 0.1) is 0 Å². The SMILES string of the molecule is C=C(c1ccc(OC)nc1)c1cnnn1C. The molecule has 16 heavy (non-hydrogen) atoms. The number of aryl methyl sites for hydroxylation is 1. The number of pyridine rings is 1. The van der Waals surface area contributed by atoms with Crippen LogP contribution < -0.4 is 4.74 Å². The molecule has 0 aliphatic heterocycles. The Morgan fingerprint density at radius 1 is 1.38 bits per heavy atom. The molecule has 0 aliphatic rings. The Hall–Kier alpha value is -2.17. The highest BCUT2D eigenvalue weighted by Crippen LogP contribution is 2.20. The predicted molar refractivity (Wildman–Crippen MR) is 59.9 cm³/mol. The minimum absolute atomic E-state index is 0.583. The fourth-order valence-electron chi connectivity index (χ4n) is 1.39. The van der Waals surface area contributed by atoms with E-state index < -0.39 is 0 Å². The van der Waals surface area contributed by atoms with E-state index in [-0.39, 0.29) is 0 Å². The van der Waals surface area contributed by atoms with E-state index in [1.807, 2.05) is 13.1 Å². The topological polar surface area (TPSA) is 52.8 Å². The molecule has 0 spiro atoms. The molecule has 5 heteroatoms. The van der Waals surface area contributed by atoms with Crippen LogP contribution >= 0.6 is 0 Å². The van der Waals surface area contributed by atoms with E-state index in [1.54, 1.807) is 30.3 Å². The van der Waals surface area contributed by atoms with Gasteiger partial charge in [-0.15, -0.1) is 5.10 Å². The van der Waals surface area contributed by atoms with Crippen molar-refractivity contribution in [2.75, 3.05) is 7.11 Å². The Labute approximate surface area is 93.4 Å². The quantitative estimate of drug-likeness (QED) is 0.775. The van der Waals surface area contributed by atoms with Gasteiger partial charge in [0.05, 0.1) is 19.0 Å². The molecule has 0 atom stereocenters. The van der Waals surface area contributed by atoms with Crippen LogP contribution in [0.2, 0.25) is 0 Å². The van der Waals surface area contributed by atoms with E-state index in [0.29, 0.717) is 5.88 Å². The van der Waals surface area contributed by atoms with Crippen LogP contribution in [0.15, 0.2) is 31.1 Å². The molecule has 82 valence electrons. The van der Waals surface area contributed by atoms with Crippen molar-refractivity contribution in [3.05, 3.63) is 42.4 Å². The Morgan fingerprint density at radius 2 is 2.19 bits per heavy atom. The first-order chi connectivity index (χ1) is 7.72. The van der Waals surface area contributed by atoms with E-state index in [4.69, 9.17) is 4.74 Å². The fraction of sp³-hybridized carbons (Fsp3) is 0.182. The van der Waals surface area contributed by atoms with Crippen molar-refractivity contribution in [1.29, 1.82) is 0 Å². The van der Waals surface area contributed by atoms with Crippen molar-refractivity contribution < 1.29 is 4.74 Å². The second-order valence-corrected chi connectivity index (χ2v) is 3.31. The predicted octanol–water partition coefficient (Wildman–Crippen LogP) is 1.28. The van der Waals surface area contributed by atoms with Gasteiger partial charge in [-0.05, 0) is 6.07 Å². The van der Waals surface area contributed by atoms with Crippen LogP contribution in [-0.4, -0.2) is 27.1 Å².